The Kier molecular flexibility index (Phi) is 5.83. The average Bonchev–Trinajstić information content (AvgIpc) is 2.19. The first-order valence-electron chi connectivity index (χ1n) is 4.39. The van der Waals surface area contributed by atoms with Crippen molar-refractivity contribution in [2.24, 2.45) is 0 Å². The Bertz CT molecular complexity index is 314. The highest BCUT2D eigenvalue weighted by Crippen LogP contribution is 2.12. The van der Waals surface area contributed by atoms with Crippen LogP contribution in [-0.4, -0.2) is 19.5 Å². The fourth-order valence-electron chi connectivity index (χ4n) is 1.19. The summed E-state index contributed by atoms with van der Waals surface area (Å²) in [6, 6.07) is 6.73. The van der Waals surface area contributed by atoms with Gasteiger partial charge in [0.05, 0.1) is 6.04 Å². The van der Waals surface area contributed by atoms with Crippen LogP contribution in [0.15, 0.2) is 24.3 Å². The molecule has 0 saturated carbocycles. The number of hydrogen-bond acceptors (Lipinski definition) is 3. The molecule has 0 heterocycles. The minimum Gasteiger partial charge on any atom is -0.508 e. The topological polar surface area (TPSA) is 49.3 Å². The van der Waals surface area contributed by atoms with Crippen LogP contribution in [-0.2, 0) is 11.2 Å². The third kappa shape index (κ3) is 5.12. The monoisotopic (exact) mass is 431 g/mol. The predicted octanol–water partition coefficient (Wildman–Crippen LogP) is 2.25. The summed E-state index contributed by atoms with van der Waals surface area (Å²) in [4.78, 5) is 10.8. The fraction of sp³-hybridized carbons (Fsp3) is 0.300. The maximum Gasteiger partial charge on any atom is 0.137 e. The summed E-state index contributed by atoms with van der Waals surface area (Å²) in [5.41, 5.74) is 1.03. The third-order valence-corrected chi connectivity index (χ3v) is 2.62. The van der Waals surface area contributed by atoms with Crippen LogP contribution in [0.1, 0.15) is 5.56 Å². The third-order valence-electron chi connectivity index (χ3n) is 1.90. The molecule has 0 aliphatic rings. The molecule has 3 nitrogen and oxygen atoms in total. The quantitative estimate of drug-likeness (QED) is 0.326. The molecule has 0 bridgehead atoms. The molecule has 1 rings (SSSR count). The second-order valence-corrected chi connectivity index (χ2v) is 7.96. The molecule has 0 spiro atoms. The van der Waals surface area contributed by atoms with E-state index in [1.807, 2.05) is 12.1 Å². The number of aromatic hydroxyl groups is 1. The van der Waals surface area contributed by atoms with Gasteiger partial charge in [-0.1, -0.05) is 57.3 Å². The molecule has 1 atom stereocenters. The van der Waals surface area contributed by atoms with Crippen LogP contribution in [0, 0.1) is 0 Å². The van der Waals surface area contributed by atoms with Gasteiger partial charge >= 0.3 is 0 Å². The Hall–Kier alpha value is 0.110. The molecule has 0 aliphatic heterocycles. The zero-order valence-electron chi connectivity index (χ0n) is 7.86. The smallest absolute Gasteiger partial charge is 0.137 e. The number of benzene rings is 1. The van der Waals surface area contributed by atoms with Crippen molar-refractivity contribution in [3.8, 4) is 5.75 Å². The van der Waals surface area contributed by atoms with Gasteiger partial charge in [-0.05, 0) is 24.1 Å². The molecule has 1 aromatic rings. The summed E-state index contributed by atoms with van der Waals surface area (Å²) in [5.74, 6) is 0.245. The van der Waals surface area contributed by atoms with E-state index in [4.69, 9.17) is 5.11 Å². The van der Waals surface area contributed by atoms with E-state index >= 15 is 0 Å². The molecule has 2 N–H and O–H groups in total. The molecule has 1 unspecified atom stereocenters. The van der Waals surface area contributed by atoms with Gasteiger partial charge in [0.25, 0.3) is 0 Å². The Morgan fingerprint density at radius 3 is 2.40 bits per heavy atom. The first kappa shape index (κ1) is 13.2. The van der Waals surface area contributed by atoms with E-state index in [-0.39, 0.29) is 13.8 Å². The van der Waals surface area contributed by atoms with Crippen LogP contribution >= 0.6 is 45.2 Å². The predicted molar refractivity (Wildman–Crippen MR) is 76.6 cm³/mol. The van der Waals surface area contributed by atoms with Gasteiger partial charge in [-0.3, -0.25) is 5.32 Å². The van der Waals surface area contributed by atoms with Gasteiger partial charge in [0.1, 0.15) is 14.1 Å². The highest BCUT2D eigenvalue weighted by Gasteiger charge is 2.10. The summed E-state index contributed by atoms with van der Waals surface area (Å²) >= 11 is 4.41. The minimum atomic E-state index is -0.173. The van der Waals surface area contributed by atoms with E-state index in [9.17, 15) is 4.79 Å². The summed E-state index contributed by atoms with van der Waals surface area (Å²) in [5, 5.41) is 12.2. The number of hydrogen-bond donors (Lipinski definition) is 2. The number of halogens is 2. The number of carbonyl (C=O) groups is 1. The van der Waals surface area contributed by atoms with E-state index in [0.717, 1.165) is 11.8 Å². The van der Waals surface area contributed by atoms with Crippen LogP contribution in [0.5, 0.6) is 5.75 Å². The molecule has 82 valence electrons. The van der Waals surface area contributed by atoms with Gasteiger partial charge in [-0.15, -0.1) is 0 Å². The molecule has 5 heteroatoms. The number of rotatable bonds is 5. The molecule has 15 heavy (non-hydrogen) atoms. The zero-order chi connectivity index (χ0) is 11.3. The van der Waals surface area contributed by atoms with Gasteiger partial charge in [0.2, 0.25) is 0 Å². The van der Waals surface area contributed by atoms with Crippen LogP contribution < -0.4 is 5.32 Å². The normalized spacial score (nSPS) is 12.7. The maximum atomic E-state index is 10.8. The fourth-order valence-corrected chi connectivity index (χ4v) is 2.12. The molecule has 0 aromatic heterocycles. The van der Waals surface area contributed by atoms with Crippen molar-refractivity contribution in [3.63, 3.8) is 0 Å². The molecule has 0 fully saturated rings. The van der Waals surface area contributed by atoms with Gasteiger partial charge in [0, 0.05) is 0 Å². The lowest BCUT2D eigenvalue weighted by Gasteiger charge is -2.13. The number of phenolic OH excluding ortho intramolecular Hbond substituents is 1. The lowest BCUT2D eigenvalue weighted by Crippen LogP contribution is -2.34. The van der Waals surface area contributed by atoms with Crippen LogP contribution in [0.25, 0.3) is 0 Å². The summed E-state index contributed by atoms with van der Waals surface area (Å²) in [6.07, 6.45) is 1.56. The van der Waals surface area contributed by atoms with E-state index in [2.05, 4.69) is 50.5 Å². The number of alkyl halides is 2. The van der Waals surface area contributed by atoms with Crippen molar-refractivity contribution in [1.82, 2.24) is 5.32 Å². The molecular formula is C10H11I2NO2. The number of aldehydes is 1. The molecule has 0 saturated heterocycles. The highest BCUT2D eigenvalue weighted by molar-refractivity contribution is 14.2. The zero-order valence-corrected chi connectivity index (χ0v) is 12.2. The van der Waals surface area contributed by atoms with Crippen molar-refractivity contribution >= 4 is 51.5 Å². The minimum absolute atomic E-state index is 0.173. The average molecular weight is 431 g/mol. The second kappa shape index (κ2) is 6.64. The van der Waals surface area contributed by atoms with Crippen molar-refractivity contribution in [3.05, 3.63) is 29.8 Å². The van der Waals surface area contributed by atoms with E-state index in [0.29, 0.717) is 6.42 Å². The lowest BCUT2D eigenvalue weighted by atomic mass is 10.1. The van der Waals surface area contributed by atoms with Crippen molar-refractivity contribution < 1.29 is 9.90 Å². The lowest BCUT2D eigenvalue weighted by molar-refractivity contribution is -0.109. The Morgan fingerprint density at radius 1 is 1.33 bits per heavy atom. The first-order chi connectivity index (χ1) is 7.11. The second-order valence-electron chi connectivity index (χ2n) is 3.08. The van der Waals surface area contributed by atoms with Crippen molar-refractivity contribution in [2.45, 2.75) is 14.5 Å². The Balaban J connectivity index is 2.58. The van der Waals surface area contributed by atoms with E-state index in [1.54, 1.807) is 12.1 Å². The molecule has 0 radical (unpaired) electrons. The largest absolute Gasteiger partial charge is 0.508 e. The summed E-state index contributed by atoms with van der Waals surface area (Å²) in [6.45, 7) is 0. The van der Waals surface area contributed by atoms with Crippen LogP contribution in [0.4, 0.5) is 0 Å². The molecule has 1 aromatic carbocycles. The van der Waals surface area contributed by atoms with Gasteiger partial charge in [-0.2, -0.15) is 0 Å². The Morgan fingerprint density at radius 2 is 1.93 bits per heavy atom. The highest BCUT2D eigenvalue weighted by atomic mass is 127. The van der Waals surface area contributed by atoms with Crippen LogP contribution in [0.3, 0.4) is 0 Å². The van der Waals surface area contributed by atoms with Gasteiger partial charge < -0.3 is 9.90 Å². The maximum absolute atomic E-state index is 10.8. The first-order valence-corrected chi connectivity index (χ1v) is 6.88. The van der Waals surface area contributed by atoms with E-state index in [1.165, 1.54) is 0 Å². The van der Waals surface area contributed by atoms with Crippen molar-refractivity contribution in [2.75, 3.05) is 0 Å². The van der Waals surface area contributed by atoms with Crippen molar-refractivity contribution in [1.29, 1.82) is 0 Å². The SMILES string of the molecule is O=CC(Cc1ccc(O)cc1)NC(I)I. The van der Waals surface area contributed by atoms with Gasteiger partial charge in [-0.25, -0.2) is 0 Å². The van der Waals surface area contributed by atoms with E-state index < -0.39 is 0 Å². The summed E-state index contributed by atoms with van der Waals surface area (Å²) in [7, 11) is 0. The summed E-state index contributed by atoms with van der Waals surface area (Å²) < 4.78 is 0.229. The number of nitrogens with one attached hydrogen (secondary N) is 1. The standard InChI is InChI=1S/C10H11I2NO2/c11-10(12)13-8(6-14)5-7-1-3-9(15)4-2-7/h1-4,6,8,10,13,15H,5H2. The molecular weight excluding hydrogens is 420 g/mol. The van der Waals surface area contributed by atoms with Gasteiger partial charge in [0.15, 0.2) is 0 Å². The van der Waals surface area contributed by atoms with Crippen LogP contribution in [0.2, 0.25) is 0 Å². The number of phenols is 1. The Labute approximate surface area is 116 Å². The number of carbonyl (C=O) groups excluding carboxylic acids is 1. The molecule has 0 amide bonds. The molecule has 0 aliphatic carbocycles.